The molecule has 0 bridgehead atoms. The minimum atomic E-state index is -0.318. The van der Waals surface area contributed by atoms with Crippen LogP contribution in [-0.2, 0) is 0 Å². The lowest BCUT2D eigenvalue weighted by Gasteiger charge is -2.31. The summed E-state index contributed by atoms with van der Waals surface area (Å²) in [6, 6.07) is 11.7. The monoisotopic (exact) mass is 442 g/mol. The minimum absolute atomic E-state index is 0.0599. The van der Waals surface area contributed by atoms with Gasteiger partial charge in [0, 0.05) is 24.6 Å². The molecule has 9 heteroatoms. The summed E-state index contributed by atoms with van der Waals surface area (Å²) in [7, 11) is 3.09. The molecular weight excluding hydrogens is 419 g/mol. The molecule has 1 aromatic heterocycles. The highest BCUT2D eigenvalue weighted by Crippen LogP contribution is 2.36. The van der Waals surface area contributed by atoms with Crippen molar-refractivity contribution in [3.8, 4) is 22.1 Å². The van der Waals surface area contributed by atoms with Crippen LogP contribution < -0.4 is 14.8 Å². The lowest BCUT2D eigenvalue weighted by atomic mass is 9.99. The maximum atomic E-state index is 14.1. The number of hydrogen-bond donors (Lipinski definition) is 1. The molecule has 1 N–H and O–H groups in total. The fourth-order valence-corrected chi connectivity index (χ4v) is 4.68. The van der Waals surface area contributed by atoms with E-state index in [0.29, 0.717) is 40.8 Å². The first-order valence-corrected chi connectivity index (χ1v) is 10.8. The van der Waals surface area contributed by atoms with Gasteiger partial charge in [-0.3, -0.25) is 0 Å². The molecule has 7 nitrogen and oxygen atoms in total. The van der Waals surface area contributed by atoms with E-state index >= 15 is 0 Å². The first kappa shape index (κ1) is 21.0. The Morgan fingerprint density at radius 1 is 1.16 bits per heavy atom. The van der Waals surface area contributed by atoms with Crippen molar-refractivity contribution < 1.29 is 18.7 Å². The first-order valence-electron chi connectivity index (χ1n) is 9.96. The van der Waals surface area contributed by atoms with Gasteiger partial charge in [0.2, 0.25) is 0 Å². The molecule has 162 valence electrons. The Bertz CT molecular complexity index is 1070. The molecule has 1 unspecified atom stereocenters. The average molecular weight is 443 g/mol. The number of hydrogen-bond acceptors (Lipinski definition) is 6. The van der Waals surface area contributed by atoms with E-state index in [0.717, 1.165) is 17.8 Å². The molecule has 31 heavy (non-hydrogen) atoms. The predicted octanol–water partition coefficient (Wildman–Crippen LogP) is 4.77. The maximum absolute atomic E-state index is 14.1. The van der Waals surface area contributed by atoms with Crippen molar-refractivity contribution in [2.45, 2.75) is 18.8 Å². The summed E-state index contributed by atoms with van der Waals surface area (Å²) >= 11 is 1.38. The Hall–Kier alpha value is -3.20. The summed E-state index contributed by atoms with van der Waals surface area (Å²) in [6.45, 7) is 1.16. The van der Waals surface area contributed by atoms with E-state index in [-0.39, 0.29) is 17.8 Å². The standard InChI is InChI=1S/C22H23FN4O3S/c1-29-18-11-5-10-17(19(18)30-2)24-22(28)27-12-6-7-14(13-27)20-25-26-21(31-20)15-8-3-4-9-16(15)23/h3-5,8-11,14H,6-7,12-13H2,1-2H3,(H,24,28). The van der Waals surface area contributed by atoms with Gasteiger partial charge < -0.3 is 19.7 Å². The maximum Gasteiger partial charge on any atom is 0.321 e. The molecule has 1 fully saturated rings. The van der Waals surface area contributed by atoms with Crippen molar-refractivity contribution in [3.63, 3.8) is 0 Å². The Balaban J connectivity index is 1.47. The van der Waals surface area contributed by atoms with Gasteiger partial charge in [-0.15, -0.1) is 10.2 Å². The summed E-state index contributed by atoms with van der Waals surface area (Å²) < 4.78 is 24.8. The second kappa shape index (κ2) is 9.30. The third-order valence-electron chi connectivity index (χ3n) is 5.25. The molecule has 1 atom stereocenters. The second-order valence-corrected chi connectivity index (χ2v) is 8.19. The smallest absolute Gasteiger partial charge is 0.321 e. The molecule has 2 heterocycles. The number of aromatic nitrogens is 2. The number of piperidine rings is 1. The van der Waals surface area contributed by atoms with Crippen LogP contribution in [0.2, 0.25) is 0 Å². The summed E-state index contributed by atoms with van der Waals surface area (Å²) in [5, 5.41) is 12.8. The fourth-order valence-electron chi connectivity index (χ4n) is 3.69. The van der Waals surface area contributed by atoms with Crippen LogP contribution in [0.4, 0.5) is 14.9 Å². The zero-order valence-electron chi connectivity index (χ0n) is 17.3. The number of halogens is 1. The number of rotatable bonds is 5. The van der Waals surface area contributed by atoms with Gasteiger partial charge in [-0.2, -0.15) is 0 Å². The Labute approximate surface area is 183 Å². The Kier molecular flexibility index (Phi) is 6.31. The van der Waals surface area contributed by atoms with Crippen LogP contribution in [0, 0.1) is 5.82 Å². The van der Waals surface area contributed by atoms with Crippen LogP contribution in [0.5, 0.6) is 11.5 Å². The molecule has 3 aromatic rings. The van der Waals surface area contributed by atoms with Gasteiger partial charge in [0.1, 0.15) is 10.8 Å². The first-order chi connectivity index (χ1) is 15.1. The third kappa shape index (κ3) is 4.46. The highest BCUT2D eigenvalue weighted by molar-refractivity contribution is 7.14. The average Bonchev–Trinajstić information content (AvgIpc) is 3.29. The molecule has 0 aliphatic carbocycles. The van der Waals surface area contributed by atoms with Crippen molar-refractivity contribution in [1.82, 2.24) is 15.1 Å². The Morgan fingerprint density at radius 3 is 2.77 bits per heavy atom. The number of nitrogens with zero attached hydrogens (tertiary/aromatic N) is 3. The summed E-state index contributed by atoms with van der Waals surface area (Å²) in [5.74, 6) is 0.767. The minimum Gasteiger partial charge on any atom is -0.493 e. The van der Waals surface area contributed by atoms with Gasteiger partial charge in [-0.25, -0.2) is 9.18 Å². The molecule has 2 amide bonds. The highest BCUT2D eigenvalue weighted by atomic mass is 32.1. The number of benzene rings is 2. The second-order valence-electron chi connectivity index (χ2n) is 7.18. The van der Waals surface area contributed by atoms with Crippen LogP contribution in [0.1, 0.15) is 23.8 Å². The topological polar surface area (TPSA) is 76.6 Å². The molecule has 1 saturated heterocycles. The number of nitrogens with one attached hydrogen (secondary N) is 1. The number of ether oxygens (including phenoxy) is 2. The van der Waals surface area contributed by atoms with Gasteiger partial charge in [-0.1, -0.05) is 29.5 Å². The third-order valence-corrected chi connectivity index (χ3v) is 6.37. The van der Waals surface area contributed by atoms with Gasteiger partial charge >= 0.3 is 6.03 Å². The molecule has 4 rings (SSSR count). The van der Waals surface area contributed by atoms with Crippen molar-refractivity contribution in [2.75, 3.05) is 32.6 Å². The summed E-state index contributed by atoms with van der Waals surface area (Å²) in [4.78, 5) is 14.7. The van der Waals surface area contributed by atoms with Crippen LogP contribution >= 0.6 is 11.3 Å². The van der Waals surface area contributed by atoms with Gasteiger partial charge in [0.25, 0.3) is 0 Å². The lowest BCUT2D eigenvalue weighted by Crippen LogP contribution is -2.41. The molecule has 1 aliphatic rings. The molecule has 0 spiro atoms. The quantitative estimate of drug-likeness (QED) is 0.616. The molecule has 0 saturated carbocycles. The van der Waals surface area contributed by atoms with Crippen LogP contribution in [0.3, 0.4) is 0 Å². The fraction of sp³-hybridized carbons (Fsp3) is 0.318. The zero-order chi connectivity index (χ0) is 21.8. The Morgan fingerprint density at radius 2 is 2.00 bits per heavy atom. The van der Waals surface area contributed by atoms with E-state index in [4.69, 9.17) is 9.47 Å². The van der Waals surface area contributed by atoms with E-state index in [9.17, 15) is 9.18 Å². The predicted molar refractivity (Wildman–Crippen MR) is 117 cm³/mol. The number of methoxy groups -OCH3 is 2. The van der Waals surface area contributed by atoms with Crippen LogP contribution in [0.25, 0.3) is 10.6 Å². The normalized spacial score (nSPS) is 16.1. The number of likely N-dealkylation sites (tertiary alicyclic amines) is 1. The van der Waals surface area contributed by atoms with Gasteiger partial charge in [-0.05, 0) is 37.1 Å². The van der Waals surface area contributed by atoms with Crippen molar-refractivity contribution in [1.29, 1.82) is 0 Å². The van der Waals surface area contributed by atoms with Crippen molar-refractivity contribution in [3.05, 3.63) is 53.3 Å². The number of carbonyl (C=O) groups excluding carboxylic acids is 1. The number of amides is 2. The number of para-hydroxylation sites is 1. The highest BCUT2D eigenvalue weighted by Gasteiger charge is 2.28. The van der Waals surface area contributed by atoms with Gasteiger partial charge in [0.05, 0.1) is 19.9 Å². The SMILES string of the molecule is COc1cccc(NC(=O)N2CCCC(c3nnc(-c4ccccc4F)s3)C2)c1OC. The van der Waals surface area contributed by atoms with E-state index < -0.39 is 0 Å². The van der Waals surface area contributed by atoms with Crippen LogP contribution in [-0.4, -0.2) is 48.4 Å². The van der Waals surface area contributed by atoms with Gasteiger partial charge in [0.15, 0.2) is 16.5 Å². The summed E-state index contributed by atoms with van der Waals surface area (Å²) in [5.41, 5.74) is 0.994. The van der Waals surface area contributed by atoms with Crippen molar-refractivity contribution >= 4 is 23.1 Å². The number of anilines is 1. The summed E-state index contributed by atoms with van der Waals surface area (Å²) in [6.07, 6.45) is 1.75. The number of urea groups is 1. The van der Waals surface area contributed by atoms with Crippen LogP contribution in [0.15, 0.2) is 42.5 Å². The van der Waals surface area contributed by atoms with E-state index in [1.165, 1.54) is 24.5 Å². The molecule has 2 aromatic carbocycles. The number of carbonyl (C=O) groups is 1. The lowest BCUT2D eigenvalue weighted by molar-refractivity contribution is 0.192. The van der Waals surface area contributed by atoms with E-state index in [1.807, 2.05) is 0 Å². The molecular formula is C22H23FN4O3S. The zero-order valence-corrected chi connectivity index (χ0v) is 18.1. The molecule has 1 aliphatic heterocycles. The molecule has 0 radical (unpaired) electrons. The van der Waals surface area contributed by atoms with E-state index in [2.05, 4.69) is 15.5 Å². The largest absolute Gasteiger partial charge is 0.493 e. The van der Waals surface area contributed by atoms with Crippen molar-refractivity contribution in [2.24, 2.45) is 0 Å². The van der Waals surface area contributed by atoms with E-state index in [1.54, 1.807) is 48.4 Å².